The third kappa shape index (κ3) is 8.02. The van der Waals surface area contributed by atoms with E-state index in [1.54, 1.807) is 12.1 Å². The molecule has 4 rings (SSSR count). The molecule has 0 aliphatic carbocycles. The number of alkyl halides is 2. The van der Waals surface area contributed by atoms with Crippen molar-refractivity contribution in [3.05, 3.63) is 131 Å². The van der Waals surface area contributed by atoms with Gasteiger partial charge in [-0.25, -0.2) is 0 Å². The van der Waals surface area contributed by atoms with Crippen molar-refractivity contribution in [3.8, 4) is 11.1 Å². The number of halogens is 4. The Bertz CT molecular complexity index is 1540. The molecule has 0 amide bonds. The van der Waals surface area contributed by atoms with Crippen LogP contribution in [-0.2, 0) is 50.0 Å². The molecule has 0 bridgehead atoms. The molecule has 0 fully saturated rings. The Morgan fingerprint density at radius 3 is 1.48 bits per heavy atom. The van der Waals surface area contributed by atoms with Gasteiger partial charge in [-0.3, -0.25) is 14.0 Å². The molecular formula is C29H27F4NO6P2. The molecule has 42 heavy (non-hydrogen) atoms. The van der Waals surface area contributed by atoms with E-state index >= 15 is 0 Å². The van der Waals surface area contributed by atoms with E-state index in [9.17, 15) is 27.0 Å². The molecule has 0 aromatic heterocycles. The standard InChI is InChI=1S/C29H27F4NO6P2/c30-29(31,42(36,37)38)28-16-12-24(13-17-28)20-34(18-22-6-8-25(9-7-22)21-41(35,39-32)40-33)19-23-10-14-27(15-11-23)26-4-2-1-3-5-26/h1-17H,18-21H2,(H2,36,37,38). The van der Waals surface area contributed by atoms with E-state index < -0.39 is 32.6 Å². The molecule has 0 heterocycles. The van der Waals surface area contributed by atoms with Gasteiger partial charge in [0.15, 0.2) is 0 Å². The Morgan fingerprint density at radius 1 is 0.619 bits per heavy atom. The van der Waals surface area contributed by atoms with Gasteiger partial charge in [0.1, 0.15) is 0 Å². The molecule has 0 saturated carbocycles. The summed E-state index contributed by atoms with van der Waals surface area (Å²) in [5, 5.41) is 0. The summed E-state index contributed by atoms with van der Waals surface area (Å²) in [5.74, 6) is 0. The Hall–Kier alpha value is -3.14. The van der Waals surface area contributed by atoms with E-state index in [2.05, 4.69) is 9.46 Å². The van der Waals surface area contributed by atoms with Gasteiger partial charge in [-0.2, -0.15) is 8.78 Å². The number of benzene rings is 4. The van der Waals surface area contributed by atoms with Crippen LogP contribution in [0.2, 0.25) is 0 Å². The van der Waals surface area contributed by atoms with Crippen LogP contribution in [0.25, 0.3) is 11.1 Å². The average molecular weight is 623 g/mol. The first kappa shape index (κ1) is 31.8. The summed E-state index contributed by atoms with van der Waals surface area (Å²) in [4.78, 5) is 20.1. The van der Waals surface area contributed by atoms with Gasteiger partial charge in [0.2, 0.25) is 0 Å². The van der Waals surface area contributed by atoms with Crippen molar-refractivity contribution >= 4 is 15.2 Å². The summed E-state index contributed by atoms with van der Waals surface area (Å²) in [7, 11) is -10.2. The van der Waals surface area contributed by atoms with Crippen LogP contribution in [0, 0.1) is 0 Å². The van der Waals surface area contributed by atoms with Crippen molar-refractivity contribution < 1.29 is 46.2 Å². The van der Waals surface area contributed by atoms with Crippen LogP contribution in [0.1, 0.15) is 27.8 Å². The number of nitrogens with zero attached hydrogens (tertiary/aromatic N) is 1. The summed E-state index contributed by atoms with van der Waals surface area (Å²) in [6.07, 6.45) is -0.608. The van der Waals surface area contributed by atoms with Crippen LogP contribution in [-0.4, -0.2) is 14.7 Å². The quantitative estimate of drug-likeness (QED) is 0.114. The van der Waals surface area contributed by atoms with Gasteiger partial charge in [0.25, 0.3) is 0 Å². The first-order valence-electron chi connectivity index (χ1n) is 12.6. The molecule has 0 aliphatic heterocycles. The minimum Gasteiger partial charge on any atom is -0.320 e. The lowest BCUT2D eigenvalue weighted by atomic mass is 10.0. The molecule has 0 atom stereocenters. The molecule has 7 nitrogen and oxygen atoms in total. The molecule has 222 valence electrons. The normalized spacial score (nSPS) is 12.5. The van der Waals surface area contributed by atoms with Gasteiger partial charge in [-0.05, 0) is 42.4 Å². The second-order valence-corrected chi connectivity index (χ2v) is 13.2. The van der Waals surface area contributed by atoms with Crippen molar-refractivity contribution in [2.24, 2.45) is 0 Å². The molecule has 0 radical (unpaired) electrons. The zero-order valence-corrected chi connectivity index (χ0v) is 23.8. The van der Waals surface area contributed by atoms with Gasteiger partial charge in [0, 0.05) is 25.2 Å². The zero-order chi connectivity index (χ0) is 30.4. The number of hydrogen-bond donors (Lipinski definition) is 2. The fourth-order valence-electron chi connectivity index (χ4n) is 4.39. The van der Waals surface area contributed by atoms with Gasteiger partial charge >= 0.3 is 20.9 Å². The van der Waals surface area contributed by atoms with Crippen molar-refractivity contribution in [1.82, 2.24) is 4.90 Å². The Labute approximate surface area is 239 Å². The molecule has 4 aromatic carbocycles. The highest BCUT2D eigenvalue weighted by Crippen LogP contribution is 2.59. The predicted molar refractivity (Wildman–Crippen MR) is 149 cm³/mol. The maximum absolute atomic E-state index is 14.1. The topological polar surface area (TPSA) is 96.3 Å². The van der Waals surface area contributed by atoms with E-state index in [4.69, 9.17) is 9.79 Å². The maximum Gasteiger partial charge on any atom is 0.399 e. The molecule has 4 aromatic rings. The predicted octanol–water partition coefficient (Wildman–Crippen LogP) is 8.28. The summed E-state index contributed by atoms with van der Waals surface area (Å²) >= 11 is 0. The van der Waals surface area contributed by atoms with Crippen LogP contribution < -0.4 is 0 Å². The second-order valence-electron chi connectivity index (χ2n) is 9.71. The highest BCUT2D eigenvalue weighted by atomic mass is 31.2. The monoisotopic (exact) mass is 623 g/mol. The number of hydrogen-bond acceptors (Lipinski definition) is 5. The third-order valence-corrected chi connectivity index (χ3v) is 8.72. The fourth-order valence-corrected chi connectivity index (χ4v) is 5.65. The van der Waals surface area contributed by atoms with Crippen LogP contribution in [0.3, 0.4) is 0 Å². The van der Waals surface area contributed by atoms with Crippen LogP contribution >= 0.6 is 15.2 Å². The third-order valence-electron chi connectivity index (χ3n) is 6.56. The van der Waals surface area contributed by atoms with Crippen LogP contribution in [0.4, 0.5) is 17.8 Å². The first-order valence-corrected chi connectivity index (χ1v) is 15.9. The summed E-state index contributed by atoms with van der Waals surface area (Å²) in [6, 6.07) is 29.0. The Balaban J connectivity index is 1.54. The molecule has 0 unspecified atom stereocenters. The van der Waals surface area contributed by atoms with Gasteiger partial charge in [-0.1, -0.05) is 103 Å². The lowest BCUT2D eigenvalue weighted by Crippen LogP contribution is -2.22. The van der Waals surface area contributed by atoms with Gasteiger partial charge in [0.05, 0.1) is 6.16 Å². The van der Waals surface area contributed by atoms with Crippen molar-refractivity contribution in [2.75, 3.05) is 0 Å². The second kappa shape index (κ2) is 13.4. The summed E-state index contributed by atoms with van der Waals surface area (Å²) < 4.78 is 82.5. The SMILES string of the molecule is O=P(Cc1ccc(CN(Cc2ccc(-c3ccccc3)cc2)Cc2ccc(C(F)(F)P(=O)(O)O)cc2)cc1)(OF)OF. The average Bonchev–Trinajstić information content (AvgIpc) is 2.98. The fraction of sp³-hybridized carbons (Fsp3) is 0.172. The van der Waals surface area contributed by atoms with E-state index in [1.807, 2.05) is 59.5 Å². The van der Waals surface area contributed by atoms with E-state index in [1.165, 1.54) is 24.3 Å². The maximum atomic E-state index is 14.1. The van der Waals surface area contributed by atoms with Crippen molar-refractivity contribution in [3.63, 3.8) is 0 Å². The minimum absolute atomic E-state index is 0.296. The van der Waals surface area contributed by atoms with E-state index in [-0.39, 0.29) is 0 Å². The van der Waals surface area contributed by atoms with Crippen molar-refractivity contribution in [1.29, 1.82) is 0 Å². The molecule has 13 heteroatoms. The number of rotatable bonds is 13. The lowest BCUT2D eigenvalue weighted by molar-refractivity contribution is -0.0881. The highest BCUT2D eigenvalue weighted by molar-refractivity contribution is 7.52. The van der Waals surface area contributed by atoms with E-state index in [0.717, 1.165) is 34.4 Å². The Morgan fingerprint density at radius 2 is 1.02 bits per heavy atom. The van der Waals surface area contributed by atoms with Crippen LogP contribution in [0.15, 0.2) is 103 Å². The van der Waals surface area contributed by atoms with E-state index in [0.29, 0.717) is 30.8 Å². The molecular weight excluding hydrogens is 596 g/mol. The molecule has 2 N–H and O–H groups in total. The molecule has 0 saturated heterocycles. The van der Waals surface area contributed by atoms with Gasteiger partial charge in [-0.15, -0.1) is 9.46 Å². The smallest absolute Gasteiger partial charge is 0.320 e. The summed E-state index contributed by atoms with van der Waals surface area (Å²) in [6.45, 7) is 1.13. The summed E-state index contributed by atoms with van der Waals surface area (Å²) in [5.41, 5.74) is -0.286. The Kier molecular flexibility index (Phi) is 10.2. The first-order chi connectivity index (χ1) is 19.9. The van der Waals surface area contributed by atoms with Gasteiger partial charge < -0.3 is 9.79 Å². The molecule has 0 spiro atoms. The zero-order valence-electron chi connectivity index (χ0n) is 22.0. The largest absolute Gasteiger partial charge is 0.399 e. The van der Waals surface area contributed by atoms with Crippen LogP contribution in [0.5, 0.6) is 0 Å². The lowest BCUT2D eigenvalue weighted by Gasteiger charge is -2.24. The highest BCUT2D eigenvalue weighted by Gasteiger charge is 2.50. The molecule has 0 aliphatic rings. The minimum atomic E-state index is -5.69. The van der Waals surface area contributed by atoms with Crippen molar-refractivity contribution in [2.45, 2.75) is 31.5 Å².